The van der Waals surface area contributed by atoms with Gasteiger partial charge in [0.05, 0.1) is 16.6 Å². The van der Waals surface area contributed by atoms with E-state index in [-0.39, 0.29) is 5.69 Å². The van der Waals surface area contributed by atoms with Gasteiger partial charge in [0.1, 0.15) is 0 Å². The summed E-state index contributed by atoms with van der Waals surface area (Å²) in [5.74, 6) is 0. The molecule has 0 bridgehead atoms. The Kier molecular flexibility index (Phi) is 3.60. The van der Waals surface area contributed by atoms with Gasteiger partial charge in [0.15, 0.2) is 0 Å². The lowest BCUT2D eigenvalue weighted by Crippen LogP contribution is -1.99. The molecule has 1 aromatic carbocycles. The Bertz CT molecular complexity index is 398. The fourth-order valence-corrected chi connectivity index (χ4v) is 1.60. The molecule has 0 N–H and O–H groups in total. The van der Waals surface area contributed by atoms with Crippen LogP contribution in [0.2, 0.25) is 0 Å². The highest BCUT2D eigenvalue weighted by Gasteiger charge is 2.15. The van der Waals surface area contributed by atoms with Crippen LogP contribution in [0.25, 0.3) is 0 Å². The van der Waals surface area contributed by atoms with Gasteiger partial charge in [-0.3, -0.25) is 10.1 Å². The van der Waals surface area contributed by atoms with Gasteiger partial charge in [-0.25, -0.2) is 0 Å². The van der Waals surface area contributed by atoms with E-state index < -0.39 is 4.92 Å². The molecule has 0 aliphatic heterocycles. The van der Waals surface area contributed by atoms with Gasteiger partial charge in [0, 0.05) is 17.0 Å². The molecule has 1 rings (SSSR count). The van der Waals surface area contributed by atoms with Crippen LogP contribution in [0.15, 0.2) is 18.2 Å². The predicted molar refractivity (Wildman–Crippen MR) is 55.3 cm³/mol. The van der Waals surface area contributed by atoms with Gasteiger partial charge in [0.2, 0.25) is 0 Å². The number of hydrogen-bond donors (Lipinski definition) is 0. The molecule has 5 heteroatoms. The average Bonchev–Trinajstić information content (AvgIpc) is 2.18. The minimum absolute atomic E-state index is 0.0171. The first-order valence-electron chi connectivity index (χ1n) is 3.93. The third kappa shape index (κ3) is 2.09. The van der Waals surface area contributed by atoms with E-state index in [2.05, 4.69) is 15.9 Å². The molecule has 0 heterocycles. The quantitative estimate of drug-likeness (QED) is 0.473. The van der Waals surface area contributed by atoms with Crippen LogP contribution in [0.3, 0.4) is 0 Å². The van der Waals surface area contributed by atoms with Crippen LogP contribution in [0.5, 0.6) is 0 Å². The minimum Gasteiger partial charge on any atom is -0.258 e. The Morgan fingerprint density at radius 3 is 2.79 bits per heavy atom. The summed E-state index contributed by atoms with van der Waals surface area (Å²) >= 11 is 3.20. The summed E-state index contributed by atoms with van der Waals surface area (Å²) in [6, 6.07) is 6.48. The van der Waals surface area contributed by atoms with Crippen molar-refractivity contribution in [2.75, 3.05) is 5.33 Å². The molecule has 0 spiro atoms. The zero-order valence-electron chi connectivity index (χ0n) is 7.24. The van der Waals surface area contributed by atoms with E-state index >= 15 is 0 Å². The van der Waals surface area contributed by atoms with Crippen LogP contribution in [0, 0.1) is 21.4 Å². The Morgan fingerprint density at radius 1 is 1.57 bits per heavy atom. The van der Waals surface area contributed by atoms with Gasteiger partial charge in [-0.15, -0.1) is 0 Å². The number of nitriles is 1. The molecule has 72 valence electrons. The maximum absolute atomic E-state index is 10.6. The van der Waals surface area contributed by atoms with Crippen molar-refractivity contribution in [3.05, 3.63) is 39.4 Å². The summed E-state index contributed by atoms with van der Waals surface area (Å²) in [5.41, 5.74) is 0.888. The SMILES string of the molecule is N#Cc1cccc([N+](=O)[O-])c1CCBr. The third-order valence-electron chi connectivity index (χ3n) is 1.81. The molecule has 0 aromatic heterocycles. The first-order valence-corrected chi connectivity index (χ1v) is 5.05. The van der Waals surface area contributed by atoms with Gasteiger partial charge in [-0.1, -0.05) is 22.0 Å². The molecule has 0 unspecified atom stereocenters. The van der Waals surface area contributed by atoms with Gasteiger partial charge in [-0.2, -0.15) is 5.26 Å². The number of benzene rings is 1. The molecule has 0 atom stereocenters. The van der Waals surface area contributed by atoms with Crippen molar-refractivity contribution >= 4 is 21.6 Å². The highest BCUT2D eigenvalue weighted by atomic mass is 79.9. The molecular formula is C9H7BrN2O2. The summed E-state index contributed by atoms with van der Waals surface area (Å²) in [5, 5.41) is 20.0. The minimum atomic E-state index is -0.459. The van der Waals surface area contributed by atoms with E-state index in [9.17, 15) is 10.1 Å². The van der Waals surface area contributed by atoms with Crippen LogP contribution in [0.4, 0.5) is 5.69 Å². The summed E-state index contributed by atoms with van der Waals surface area (Å²) in [7, 11) is 0. The van der Waals surface area contributed by atoms with E-state index in [1.807, 2.05) is 6.07 Å². The first kappa shape index (κ1) is 10.7. The van der Waals surface area contributed by atoms with Gasteiger partial charge in [0.25, 0.3) is 5.69 Å². The molecule has 14 heavy (non-hydrogen) atoms. The highest BCUT2D eigenvalue weighted by molar-refractivity contribution is 9.09. The Morgan fingerprint density at radius 2 is 2.29 bits per heavy atom. The normalized spacial score (nSPS) is 9.43. The van der Waals surface area contributed by atoms with E-state index in [0.29, 0.717) is 22.9 Å². The lowest BCUT2D eigenvalue weighted by Gasteiger charge is -2.01. The number of hydrogen-bond acceptors (Lipinski definition) is 3. The van der Waals surface area contributed by atoms with Crippen LogP contribution in [0.1, 0.15) is 11.1 Å². The molecule has 0 saturated heterocycles. The summed E-state index contributed by atoms with van der Waals surface area (Å²) < 4.78 is 0. The fraction of sp³-hybridized carbons (Fsp3) is 0.222. The predicted octanol–water partition coefficient (Wildman–Crippen LogP) is 2.40. The molecule has 0 fully saturated rings. The number of nitro groups is 1. The van der Waals surface area contributed by atoms with E-state index in [1.54, 1.807) is 6.07 Å². The van der Waals surface area contributed by atoms with E-state index in [1.165, 1.54) is 12.1 Å². The zero-order valence-corrected chi connectivity index (χ0v) is 8.82. The maximum Gasteiger partial charge on any atom is 0.273 e. The van der Waals surface area contributed by atoms with Crippen molar-refractivity contribution in [2.24, 2.45) is 0 Å². The van der Waals surface area contributed by atoms with E-state index in [4.69, 9.17) is 5.26 Å². The number of nitro benzene ring substituents is 1. The molecule has 0 amide bonds. The Balaban J connectivity index is 3.29. The first-order chi connectivity index (χ1) is 6.70. The van der Waals surface area contributed by atoms with Gasteiger partial charge < -0.3 is 0 Å². The van der Waals surface area contributed by atoms with Crippen molar-refractivity contribution in [1.29, 1.82) is 5.26 Å². The molecule has 0 radical (unpaired) electrons. The lowest BCUT2D eigenvalue weighted by molar-refractivity contribution is -0.385. The number of alkyl halides is 1. The molecule has 1 aromatic rings. The summed E-state index contributed by atoms with van der Waals surface area (Å²) in [6.07, 6.45) is 0.486. The molecule has 0 aliphatic rings. The lowest BCUT2D eigenvalue weighted by atomic mass is 10.0. The van der Waals surface area contributed by atoms with Crippen molar-refractivity contribution in [2.45, 2.75) is 6.42 Å². The van der Waals surface area contributed by atoms with Crippen molar-refractivity contribution in [3.63, 3.8) is 0 Å². The molecule has 4 nitrogen and oxygen atoms in total. The molecule has 0 saturated carbocycles. The van der Waals surface area contributed by atoms with Crippen LogP contribution in [-0.2, 0) is 6.42 Å². The van der Waals surface area contributed by atoms with Crippen molar-refractivity contribution in [3.8, 4) is 6.07 Å². The number of halogens is 1. The van der Waals surface area contributed by atoms with Gasteiger partial charge in [-0.05, 0) is 12.5 Å². The second-order valence-electron chi connectivity index (χ2n) is 2.61. The number of nitrogens with zero attached hydrogens (tertiary/aromatic N) is 2. The third-order valence-corrected chi connectivity index (χ3v) is 2.21. The maximum atomic E-state index is 10.6. The van der Waals surface area contributed by atoms with Crippen LogP contribution in [-0.4, -0.2) is 10.3 Å². The standard InChI is InChI=1S/C9H7BrN2O2/c10-5-4-8-7(6-11)2-1-3-9(8)12(13)14/h1-3H,4-5H2. The number of rotatable bonds is 3. The van der Waals surface area contributed by atoms with E-state index in [0.717, 1.165) is 0 Å². The monoisotopic (exact) mass is 254 g/mol. The van der Waals surface area contributed by atoms with Crippen molar-refractivity contribution < 1.29 is 4.92 Å². The second-order valence-corrected chi connectivity index (χ2v) is 3.40. The molecular weight excluding hydrogens is 248 g/mol. The van der Waals surface area contributed by atoms with Crippen molar-refractivity contribution in [1.82, 2.24) is 0 Å². The Hall–Kier alpha value is -1.41. The van der Waals surface area contributed by atoms with Crippen LogP contribution < -0.4 is 0 Å². The van der Waals surface area contributed by atoms with Gasteiger partial charge >= 0.3 is 0 Å². The zero-order chi connectivity index (χ0) is 10.6. The summed E-state index contributed by atoms with van der Waals surface area (Å²) in [4.78, 5) is 10.2. The highest BCUT2D eigenvalue weighted by Crippen LogP contribution is 2.22. The fourth-order valence-electron chi connectivity index (χ4n) is 1.21. The van der Waals surface area contributed by atoms with Crippen LogP contribution >= 0.6 is 15.9 Å². The smallest absolute Gasteiger partial charge is 0.258 e. The second kappa shape index (κ2) is 4.72. The largest absolute Gasteiger partial charge is 0.273 e. The molecule has 0 aliphatic carbocycles. The summed E-state index contributed by atoms with van der Waals surface area (Å²) in [6.45, 7) is 0. The topological polar surface area (TPSA) is 66.9 Å². The Labute approximate surface area is 89.4 Å². The average molecular weight is 255 g/mol.